The maximum absolute atomic E-state index is 6.04. The molecule has 0 spiro atoms. The zero-order valence-corrected chi connectivity index (χ0v) is 14.2. The van der Waals surface area contributed by atoms with Crippen molar-refractivity contribution in [3.8, 4) is 11.4 Å². The number of nitrogens with zero attached hydrogens (tertiary/aromatic N) is 5. The largest absolute Gasteiger partial charge is 0.338 e. The molecule has 0 bridgehead atoms. The van der Waals surface area contributed by atoms with Gasteiger partial charge in [-0.15, -0.1) is 10.2 Å². The van der Waals surface area contributed by atoms with E-state index in [1.807, 2.05) is 12.1 Å². The molecule has 0 saturated heterocycles. The van der Waals surface area contributed by atoms with Gasteiger partial charge in [-0.2, -0.15) is 4.98 Å². The minimum Gasteiger partial charge on any atom is -0.338 e. The average Bonchev–Trinajstić information content (AvgIpc) is 3.23. The number of hydrogen-bond donors (Lipinski definition) is 1. The number of aryl methyl sites for hydroxylation is 1. The summed E-state index contributed by atoms with van der Waals surface area (Å²) in [6, 6.07) is 8.19. The summed E-state index contributed by atoms with van der Waals surface area (Å²) in [6.45, 7) is 2.13. The second kappa shape index (κ2) is 6.27. The van der Waals surface area contributed by atoms with E-state index in [1.165, 1.54) is 17.3 Å². The molecule has 2 N–H and O–H groups in total. The molecule has 2 aromatic heterocycles. The van der Waals surface area contributed by atoms with Crippen LogP contribution in [-0.2, 0) is 12.2 Å². The van der Waals surface area contributed by atoms with E-state index in [-0.39, 0.29) is 0 Å². The van der Waals surface area contributed by atoms with Crippen molar-refractivity contribution in [1.29, 1.82) is 0 Å². The third-order valence-electron chi connectivity index (χ3n) is 4.05. The van der Waals surface area contributed by atoms with E-state index >= 15 is 0 Å². The van der Waals surface area contributed by atoms with Crippen molar-refractivity contribution in [3.05, 3.63) is 41.5 Å². The molecule has 1 aliphatic rings. The van der Waals surface area contributed by atoms with Gasteiger partial charge in [0.25, 0.3) is 0 Å². The Bertz CT molecular complexity index is 837. The van der Waals surface area contributed by atoms with Crippen molar-refractivity contribution in [2.24, 2.45) is 0 Å². The van der Waals surface area contributed by atoms with Gasteiger partial charge in [-0.3, -0.25) is 0 Å². The lowest BCUT2D eigenvalue weighted by molar-refractivity contribution is 0.391. The number of nitrogen functional groups attached to an aromatic ring is 1. The molecule has 1 aliphatic carbocycles. The van der Waals surface area contributed by atoms with Crippen LogP contribution in [0.2, 0.25) is 0 Å². The lowest BCUT2D eigenvalue weighted by Gasteiger charge is -2.00. The first-order chi connectivity index (χ1) is 11.7. The molecule has 1 fully saturated rings. The summed E-state index contributed by atoms with van der Waals surface area (Å²) < 4.78 is 6.90. The van der Waals surface area contributed by atoms with Gasteiger partial charge in [0.05, 0.1) is 5.75 Å². The summed E-state index contributed by atoms with van der Waals surface area (Å²) in [5.74, 6) is 9.03. The van der Waals surface area contributed by atoms with Gasteiger partial charge in [-0.25, -0.2) is 4.68 Å². The molecule has 0 unspecified atom stereocenters. The van der Waals surface area contributed by atoms with E-state index in [0.29, 0.717) is 28.5 Å². The van der Waals surface area contributed by atoms with Gasteiger partial charge >= 0.3 is 0 Å². The molecule has 3 aromatic rings. The van der Waals surface area contributed by atoms with Crippen LogP contribution in [0, 0.1) is 0 Å². The van der Waals surface area contributed by atoms with E-state index in [2.05, 4.69) is 39.4 Å². The van der Waals surface area contributed by atoms with Crippen molar-refractivity contribution >= 4 is 11.8 Å². The number of rotatable bonds is 6. The topological polar surface area (TPSA) is 95.7 Å². The van der Waals surface area contributed by atoms with Crippen LogP contribution in [0.25, 0.3) is 11.4 Å². The highest BCUT2D eigenvalue weighted by Gasteiger charge is 2.30. The maximum Gasteiger partial charge on any atom is 0.237 e. The molecule has 0 radical (unpaired) electrons. The third-order valence-corrected chi connectivity index (χ3v) is 4.97. The first-order valence-electron chi connectivity index (χ1n) is 7.99. The highest BCUT2D eigenvalue weighted by atomic mass is 32.2. The molecule has 8 heteroatoms. The van der Waals surface area contributed by atoms with E-state index in [4.69, 9.17) is 10.4 Å². The zero-order valence-electron chi connectivity index (χ0n) is 13.3. The molecule has 0 amide bonds. The smallest absolute Gasteiger partial charge is 0.237 e. The second-order valence-electron chi connectivity index (χ2n) is 5.84. The van der Waals surface area contributed by atoms with Gasteiger partial charge in [0.15, 0.2) is 5.82 Å². The van der Waals surface area contributed by atoms with Crippen LogP contribution in [0.3, 0.4) is 0 Å². The molecule has 24 heavy (non-hydrogen) atoms. The molecule has 1 saturated carbocycles. The Kier molecular flexibility index (Phi) is 3.97. The van der Waals surface area contributed by atoms with Crippen molar-refractivity contribution < 1.29 is 4.52 Å². The Morgan fingerprint density at radius 3 is 2.75 bits per heavy atom. The number of thioether (sulfide) groups is 1. The molecule has 0 aliphatic heterocycles. The van der Waals surface area contributed by atoms with E-state index in [9.17, 15) is 0 Å². The van der Waals surface area contributed by atoms with E-state index < -0.39 is 0 Å². The van der Waals surface area contributed by atoms with Gasteiger partial charge < -0.3 is 10.4 Å². The quantitative estimate of drug-likeness (QED) is 0.543. The SMILES string of the molecule is CCc1ccc(-c2noc(CSc3nnc(C4CC4)n3N)n2)cc1. The zero-order chi connectivity index (χ0) is 16.5. The molecule has 0 atom stereocenters. The van der Waals surface area contributed by atoms with Crippen molar-refractivity contribution in [2.45, 2.75) is 43.0 Å². The molecule has 7 nitrogen and oxygen atoms in total. The minimum absolute atomic E-state index is 0.470. The van der Waals surface area contributed by atoms with Crippen LogP contribution in [0.1, 0.15) is 43.0 Å². The predicted molar refractivity (Wildman–Crippen MR) is 90.8 cm³/mol. The highest BCUT2D eigenvalue weighted by molar-refractivity contribution is 7.98. The third kappa shape index (κ3) is 3.01. The molecule has 4 rings (SSSR count). The minimum atomic E-state index is 0.470. The lowest BCUT2D eigenvalue weighted by Crippen LogP contribution is -2.13. The van der Waals surface area contributed by atoms with Crippen molar-refractivity contribution in [1.82, 2.24) is 25.0 Å². The van der Waals surface area contributed by atoms with Crippen LogP contribution >= 0.6 is 11.8 Å². The van der Waals surface area contributed by atoms with Crippen LogP contribution in [-0.4, -0.2) is 25.0 Å². The van der Waals surface area contributed by atoms with Crippen LogP contribution in [0.4, 0.5) is 0 Å². The number of benzene rings is 1. The van der Waals surface area contributed by atoms with Gasteiger partial charge in [0.2, 0.25) is 16.9 Å². The first-order valence-corrected chi connectivity index (χ1v) is 8.98. The summed E-state index contributed by atoms with van der Waals surface area (Å²) in [7, 11) is 0. The standard InChI is InChI=1S/C16H18N6OS/c1-2-10-3-5-11(6-4-10)14-18-13(23-21-14)9-24-16-20-19-15(22(16)17)12-7-8-12/h3-6,12H,2,7-9,17H2,1H3. The molecular formula is C16H18N6OS. The monoisotopic (exact) mass is 342 g/mol. The second-order valence-corrected chi connectivity index (χ2v) is 6.78. The summed E-state index contributed by atoms with van der Waals surface area (Å²) >= 11 is 1.45. The molecular weight excluding hydrogens is 324 g/mol. The van der Waals surface area contributed by atoms with Crippen molar-refractivity contribution in [3.63, 3.8) is 0 Å². The molecule has 124 valence electrons. The number of hydrogen-bond acceptors (Lipinski definition) is 7. The average molecular weight is 342 g/mol. The maximum atomic E-state index is 6.04. The fraction of sp³-hybridized carbons (Fsp3) is 0.375. The summed E-state index contributed by atoms with van der Waals surface area (Å²) in [5.41, 5.74) is 2.23. The number of aromatic nitrogens is 5. The molecule has 2 heterocycles. The van der Waals surface area contributed by atoms with Gasteiger partial charge in [-0.1, -0.05) is 48.1 Å². The fourth-order valence-electron chi connectivity index (χ4n) is 2.45. The number of nitrogens with two attached hydrogens (primary N) is 1. The van der Waals surface area contributed by atoms with Crippen LogP contribution < -0.4 is 5.84 Å². The Morgan fingerprint density at radius 2 is 2.04 bits per heavy atom. The molecule has 1 aromatic carbocycles. The van der Waals surface area contributed by atoms with Gasteiger partial charge in [-0.05, 0) is 24.8 Å². The summed E-state index contributed by atoms with van der Waals surface area (Å²) in [6.07, 6.45) is 3.30. The Balaban J connectivity index is 1.43. The Morgan fingerprint density at radius 1 is 1.25 bits per heavy atom. The normalized spacial score (nSPS) is 14.2. The summed E-state index contributed by atoms with van der Waals surface area (Å²) in [5, 5.41) is 13.0. The Hall–Kier alpha value is -2.35. The lowest BCUT2D eigenvalue weighted by atomic mass is 10.1. The summed E-state index contributed by atoms with van der Waals surface area (Å²) in [4.78, 5) is 4.44. The van der Waals surface area contributed by atoms with Crippen molar-refractivity contribution in [2.75, 3.05) is 5.84 Å². The van der Waals surface area contributed by atoms with E-state index in [1.54, 1.807) is 4.68 Å². The van der Waals surface area contributed by atoms with Crippen LogP contribution in [0.15, 0.2) is 33.9 Å². The highest BCUT2D eigenvalue weighted by Crippen LogP contribution is 2.39. The van der Waals surface area contributed by atoms with E-state index in [0.717, 1.165) is 30.7 Å². The predicted octanol–water partition coefficient (Wildman–Crippen LogP) is 2.77. The van der Waals surface area contributed by atoms with Crippen LogP contribution in [0.5, 0.6) is 0 Å². The Labute approximate surface area is 143 Å². The first kappa shape index (κ1) is 15.2. The van der Waals surface area contributed by atoms with Gasteiger partial charge in [0.1, 0.15) is 0 Å². The fourth-order valence-corrected chi connectivity index (χ4v) is 3.15. The van der Waals surface area contributed by atoms with Gasteiger partial charge in [0, 0.05) is 11.5 Å².